The average Bonchev–Trinajstić information content (AvgIpc) is 2.68. The lowest BCUT2D eigenvalue weighted by Crippen LogP contribution is -2.21. The molecule has 140 valence electrons. The van der Waals surface area contributed by atoms with Crippen molar-refractivity contribution in [1.82, 2.24) is 5.43 Å². The molecule has 28 heavy (non-hydrogen) atoms. The van der Waals surface area contributed by atoms with Gasteiger partial charge in [-0.3, -0.25) is 9.59 Å². The van der Waals surface area contributed by atoms with Gasteiger partial charge in [-0.2, -0.15) is 5.10 Å². The maximum atomic E-state index is 13.3. The monoisotopic (exact) mass is 375 g/mol. The Morgan fingerprint density at radius 2 is 1.71 bits per heavy atom. The molecule has 0 atom stereocenters. The van der Waals surface area contributed by atoms with Gasteiger partial charge in [-0.05, 0) is 42.8 Å². The zero-order chi connectivity index (χ0) is 19.9. The highest BCUT2D eigenvalue weighted by atomic mass is 19.1. The van der Waals surface area contributed by atoms with Crippen molar-refractivity contribution in [3.05, 3.63) is 101 Å². The van der Waals surface area contributed by atoms with E-state index in [0.29, 0.717) is 5.69 Å². The van der Waals surface area contributed by atoms with E-state index in [1.807, 2.05) is 31.2 Å². The van der Waals surface area contributed by atoms with Crippen LogP contribution in [0.2, 0.25) is 0 Å². The van der Waals surface area contributed by atoms with E-state index in [9.17, 15) is 14.0 Å². The highest BCUT2D eigenvalue weighted by Crippen LogP contribution is 2.16. The van der Waals surface area contributed by atoms with E-state index < -0.39 is 17.6 Å². The molecule has 0 aromatic heterocycles. The molecule has 0 radical (unpaired) electrons. The van der Waals surface area contributed by atoms with Crippen LogP contribution in [0.15, 0.2) is 77.9 Å². The van der Waals surface area contributed by atoms with Gasteiger partial charge < -0.3 is 5.32 Å². The predicted molar refractivity (Wildman–Crippen MR) is 107 cm³/mol. The molecule has 0 saturated heterocycles. The Labute approximate surface area is 161 Å². The Bertz CT molecular complexity index is 1050. The molecule has 0 aliphatic heterocycles. The summed E-state index contributed by atoms with van der Waals surface area (Å²) in [5.41, 5.74) is 5.10. The first kappa shape index (κ1) is 19.0. The quantitative estimate of drug-likeness (QED) is 0.519. The maximum Gasteiger partial charge on any atom is 0.273 e. The molecule has 0 saturated carbocycles. The van der Waals surface area contributed by atoms with Crippen LogP contribution >= 0.6 is 0 Å². The van der Waals surface area contributed by atoms with E-state index in [-0.39, 0.29) is 11.1 Å². The molecule has 0 unspecified atom stereocenters. The van der Waals surface area contributed by atoms with Crippen LogP contribution in [0.4, 0.5) is 10.1 Å². The molecule has 6 heteroatoms. The molecule has 5 nitrogen and oxygen atoms in total. The van der Waals surface area contributed by atoms with Gasteiger partial charge in [0, 0.05) is 5.56 Å². The van der Waals surface area contributed by atoms with Crippen molar-refractivity contribution in [2.24, 2.45) is 5.10 Å². The Hall–Kier alpha value is -3.80. The third-order valence-electron chi connectivity index (χ3n) is 3.93. The van der Waals surface area contributed by atoms with E-state index in [1.54, 1.807) is 30.5 Å². The summed E-state index contributed by atoms with van der Waals surface area (Å²) in [6, 6.07) is 19.5. The normalized spacial score (nSPS) is 10.6. The summed E-state index contributed by atoms with van der Waals surface area (Å²) in [6.07, 6.45) is 1.54. The molecular weight excluding hydrogens is 357 g/mol. The minimum atomic E-state index is -0.511. The topological polar surface area (TPSA) is 70.6 Å². The van der Waals surface area contributed by atoms with Gasteiger partial charge in [0.25, 0.3) is 11.8 Å². The molecular formula is C22H18FN3O2. The molecule has 0 heterocycles. The van der Waals surface area contributed by atoms with E-state index in [1.165, 1.54) is 18.2 Å². The number of hydrazone groups is 1. The van der Waals surface area contributed by atoms with Crippen LogP contribution in [0.5, 0.6) is 0 Å². The molecule has 3 aromatic rings. The number of aryl methyl sites for hydroxylation is 1. The minimum absolute atomic E-state index is 0.160. The standard InChI is InChI=1S/C22H18FN3O2/c1-15-6-4-7-16(12-15)14-24-26-22(28)19-10-2-3-11-20(19)25-21(27)17-8-5-9-18(23)13-17/h2-14H,1H3,(H,25,27)(H,26,28)/b24-14+. The van der Waals surface area contributed by atoms with Crippen LogP contribution in [0.25, 0.3) is 0 Å². The molecule has 0 bridgehead atoms. The number of amides is 2. The van der Waals surface area contributed by atoms with Crippen molar-refractivity contribution >= 4 is 23.7 Å². The summed E-state index contributed by atoms with van der Waals surface area (Å²) in [4.78, 5) is 24.8. The van der Waals surface area contributed by atoms with Crippen molar-refractivity contribution in [3.63, 3.8) is 0 Å². The van der Waals surface area contributed by atoms with E-state index in [2.05, 4.69) is 15.8 Å². The Morgan fingerprint density at radius 1 is 0.929 bits per heavy atom. The summed E-state index contributed by atoms with van der Waals surface area (Å²) in [5, 5.41) is 6.59. The van der Waals surface area contributed by atoms with Crippen LogP contribution in [-0.4, -0.2) is 18.0 Å². The number of nitrogens with zero attached hydrogens (tertiary/aromatic N) is 1. The Morgan fingerprint density at radius 3 is 2.50 bits per heavy atom. The number of hydrogen-bond acceptors (Lipinski definition) is 3. The van der Waals surface area contributed by atoms with Gasteiger partial charge >= 0.3 is 0 Å². The van der Waals surface area contributed by atoms with Gasteiger partial charge in [-0.1, -0.05) is 48.0 Å². The number of halogens is 1. The highest BCUT2D eigenvalue weighted by molar-refractivity contribution is 6.09. The lowest BCUT2D eigenvalue weighted by Gasteiger charge is -2.10. The molecule has 0 aliphatic rings. The second-order valence-corrected chi connectivity index (χ2v) is 6.12. The molecule has 2 amide bonds. The second kappa shape index (κ2) is 8.73. The van der Waals surface area contributed by atoms with Gasteiger partial charge in [0.2, 0.25) is 0 Å². The van der Waals surface area contributed by atoms with Crippen LogP contribution < -0.4 is 10.7 Å². The number of carbonyl (C=O) groups is 2. The summed E-state index contributed by atoms with van der Waals surface area (Å²) >= 11 is 0. The molecule has 0 fully saturated rings. The van der Waals surface area contributed by atoms with Crippen molar-refractivity contribution in [3.8, 4) is 0 Å². The van der Waals surface area contributed by atoms with Crippen LogP contribution in [0.1, 0.15) is 31.8 Å². The molecule has 0 aliphatic carbocycles. The van der Waals surface area contributed by atoms with Crippen LogP contribution in [-0.2, 0) is 0 Å². The summed E-state index contributed by atoms with van der Waals surface area (Å²) in [7, 11) is 0. The Kier molecular flexibility index (Phi) is 5.91. The number of carbonyl (C=O) groups excluding carboxylic acids is 2. The van der Waals surface area contributed by atoms with Crippen LogP contribution in [0.3, 0.4) is 0 Å². The van der Waals surface area contributed by atoms with Gasteiger partial charge in [0.05, 0.1) is 17.5 Å². The van der Waals surface area contributed by atoms with Gasteiger partial charge in [-0.15, -0.1) is 0 Å². The van der Waals surface area contributed by atoms with E-state index in [4.69, 9.17) is 0 Å². The summed E-state index contributed by atoms with van der Waals surface area (Å²) < 4.78 is 13.3. The number of benzene rings is 3. The van der Waals surface area contributed by atoms with Crippen molar-refractivity contribution in [2.45, 2.75) is 6.92 Å². The fraction of sp³-hybridized carbons (Fsp3) is 0.0455. The average molecular weight is 375 g/mol. The number of anilines is 1. The molecule has 3 rings (SSSR count). The smallest absolute Gasteiger partial charge is 0.273 e. The maximum absolute atomic E-state index is 13.3. The SMILES string of the molecule is Cc1cccc(/C=N/NC(=O)c2ccccc2NC(=O)c2cccc(F)c2)c1. The highest BCUT2D eigenvalue weighted by Gasteiger charge is 2.14. The first-order chi connectivity index (χ1) is 13.5. The van der Waals surface area contributed by atoms with Crippen molar-refractivity contribution < 1.29 is 14.0 Å². The fourth-order valence-corrected chi connectivity index (χ4v) is 2.59. The first-order valence-corrected chi connectivity index (χ1v) is 8.59. The fourth-order valence-electron chi connectivity index (χ4n) is 2.59. The number of nitrogens with one attached hydrogen (secondary N) is 2. The minimum Gasteiger partial charge on any atom is -0.321 e. The molecule has 3 aromatic carbocycles. The lowest BCUT2D eigenvalue weighted by atomic mass is 10.1. The van der Waals surface area contributed by atoms with Gasteiger partial charge in [0.15, 0.2) is 0 Å². The predicted octanol–water partition coefficient (Wildman–Crippen LogP) is 4.15. The zero-order valence-electron chi connectivity index (χ0n) is 15.1. The van der Waals surface area contributed by atoms with Gasteiger partial charge in [0.1, 0.15) is 5.82 Å². The summed E-state index contributed by atoms with van der Waals surface area (Å²) in [6.45, 7) is 1.97. The Balaban J connectivity index is 1.72. The van der Waals surface area contributed by atoms with E-state index in [0.717, 1.165) is 17.2 Å². The van der Waals surface area contributed by atoms with Crippen molar-refractivity contribution in [2.75, 3.05) is 5.32 Å². The third-order valence-corrected chi connectivity index (χ3v) is 3.93. The zero-order valence-corrected chi connectivity index (χ0v) is 15.1. The van der Waals surface area contributed by atoms with Crippen molar-refractivity contribution in [1.29, 1.82) is 0 Å². The number of para-hydroxylation sites is 1. The van der Waals surface area contributed by atoms with Crippen LogP contribution in [0, 0.1) is 12.7 Å². The molecule has 0 spiro atoms. The molecule has 2 N–H and O–H groups in total. The summed E-state index contributed by atoms with van der Waals surface area (Å²) in [5.74, 6) is -1.49. The third kappa shape index (κ3) is 4.88. The van der Waals surface area contributed by atoms with Gasteiger partial charge in [-0.25, -0.2) is 9.82 Å². The number of rotatable bonds is 5. The lowest BCUT2D eigenvalue weighted by molar-refractivity contribution is 0.0956. The van der Waals surface area contributed by atoms with E-state index >= 15 is 0 Å². The second-order valence-electron chi connectivity index (χ2n) is 6.12. The number of hydrogen-bond donors (Lipinski definition) is 2. The first-order valence-electron chi connectivity index (χ1n) is 8.59. The largest absolute Gasteiger partial charge is 0.321 e.